The van der Waals surface area contributed by atoms with Crippen molar-refractivity contribution in [1.82, 2.24) is 9.88 Å². The molecule has 0 radical (unpaired) electrons. The third-order valence-corrected chi connectivity index (χ3v) is 5.68. The van der Waals surface area contributed by atoms with E-state index in [9.17, 15) is 9.59 Å². The highest BCUT2D eigenvalue weighted by Gasteiger charge is 2.35. The number of methoxy groups -OCH3 is 1. The molecule has 0 spiro atoms. The topological polar surface area (TPSA) is 80.9 Å². The monoisotopic (exact) mass is 442 g/mol. The number of H-pyrrole nitrogens is 1. The number of fused-ring (bicyclic) bond motifs is 1. The summed E-state index contributed by atoms with van der Waals surface area (Å²) < 4.78 is 15.8. The second-order valence-electron chi connectivity index (χ2n) is 7.49. The fraction of sp³-hybridized carbons (Fsp3) is 0.304. The van der Waals surface area contributed by atoms with Crippen molar-refractivity contribution in [3.63, 3.8) is 0 Å². The minimum Gasteiger partial charge on any atom is -0.480 e. The van der Waals surface area contributed by atoms with Gasteiger partial charge >= 0.3 is 12.1 Å². The zero-order chi connectivity index (χ0) is 22.0. The minimum atomic E-state index is -0.445. The van der Waals surface area contributed by atoms with Gasteiger partial charge in [0, 0.05) is 22.6 Å². The van der Waals surface area contributed by atoms with Crippen LogP contribution in [0.4, 0.5) is 4.79 Å². The molecule has 2 atom stereocenters. The molecule has 3 aromatic rings. The molecule has 2 heterocycles. The number of cyclic esters (lactones) is 1. The predicted octanol–water partition coefficient (Wildman–Crippen LogP) is 4.50. The Labute approximate surface area is 184 Å². The Kier molecular flexibility index (Phi) is 6.04. The zero-order valence-corrected chi connectivity index (χ0v) is 18.0. The number of hydrogen-bond acceptors (Lipinski definition) is 5. The lowest BCUT2D eigenvalue weighted by molar-refractivity contribution is -0.142. The number of aromatic nitrogens is 1. The van der Waals surface area contributed by atoms with Crippen molar-refractivity contribution in [2.24, 2.45) is 0 Å². The van der Waals surface area contributed by atoms with Crippen LogP contribution in [0.3, 0.4) is 0 Å². The Hall–Kier alpha value is -3.19. The van der Waals surface area contributed by atoms with Crippen LogP contribution >= 0.6 is 11.6 Å². The van der Waals surface area contributed by atoms with E-state index in [1.54, 1.807) is 17.0 Å². The Morgan fingerprint density at radius 1 is 1.32 bits per heavy atom. The molecule has 1 saturated heterocycles. The molecule has 0 aliphatic carbocycles. The number of ether oxygens (including phenoxy) is 3. The molecule has 0 unspecified atom stereocenters. The van der Waals surface area contributed by atoms with Gasteiger partial charge in [0.05, 0.1) is 19.2 Å². The maximum atomic E-state index is 12.5. The maximum Gasteiger partial charge on any atom is 0.410 e. The molecule has 1 aromatic heterocycles. The Bertz CT molecular complexity index is 1110. The van der Waals surface area contributed by atoms with Gasteiger partial charge in [0.25, 0.3) is 0 Å². The molecule has 2 aromatic carbocycles. The number of hydrogen-bond donors (Lipinski definition) is 1. The minimum absolute atomic E-state index is 0.0738. The largest absolute Gasteiger partial charge is 0.480 e. The summed E-state index contributed by atoms with van der Waals surface area (Å²) in [6, 6.07) is 13.0. The molecule has 0 bridgehead atoms. The van der Waals surface area contributed by atoms with E-state index in [-0.39, 0.29) is 24.8 Å². The second kappa shape index (κ2) is 8.89. The van der Waals surface area contributed by atoms with Gasteiger partial charge in [-0.2, -0.15) is 0 Å². The van der Waals surface area contributed by atoms with Crippen molar-refractivity contribution in [1.29, 1.82) is 0 Å². The number of halogens is 1. The van der Waals surface area contributed by atoms with Crippen LogP contribution in [0.2, 0.25) is 5.02 Å². The second-order valence-corrected chi connectivity index (χ2v) is 7.93. The normalized spacial score (nSPS) is 16.9. The van der Waals surface area contributed by atoms with Gasteiger partial charge in [-0.25, -0.2) is 9.59 Å². The molecule has 162 valence electrons. The van der Waals surface area contributed by atoms with Crippen molar-refractivity contribution < 1.29 is 23.8 Å². The molecule has 0 saturated carbocycles. The lowest BCUT2D eigenvalue weighted by atomic mass is 10.0. The fourth-order valence-electron chi connectivity index (χ4n) is 3.82. The number of para-hydroxylation sites is 1. The molecule has 1 aliphatic heterocycles. The lowest BCUT2D eigenvalue weighted by Gasteiger charge is -2.21. The standard InChI is InChI=1S/C23H23ClN2O5/c1-14(26-12-20(31-23(26)28)15-5-3-6-17(24)10-15)9-16-11-25-22-18(16)7-4-8-19(22)30-13-21(27)29-2/h3-8,10-11,14,20,25H,9,12-13H2,1-2H3/t14-,20-/m0/s1. The Morgan fingerprint density at radius 3 is 2.90 bits per heavy atom. The summed E-state index contributed by atoms with van der Waals surface area (Å²) in [5.74, 6) is 0.127. The van der Waals surface area contributed by atoms with Crippen molar-refractivity contribution in [2.75, 3.05) is 20.3 Å². The van der Waals surface area contributed by atoms with Crippen LogP contribution in [0.25, 0.3) is 10.9 Å². The number of aromatic amines is 1. The average Bonchev–Trinajstić information content (AvgIpc) is 3.36. The number of benzene rings is 2. The summed E-state index contributed by atoms with van der Waals surface area (Å²) in [4.78, 5) is 28.8. The van der Waals surface area contributed by atoms with Gasteiger partial charge in [0.15, 0.2) is 6.61 Å². The summed E-state index contributed by atoms with van der Waals surface area (Å²) in [5, 5.41) is 1.59. The predicted molar refractivity (Wildman–Crippen MR) is 116 cm³/mol. The smallest absolute Gasteiger partial charge is 0.410 e. The van der Waals surface area contributed by atoms with Gasteiger partial charge in [-0.1, -0.05) is 35.9 Å². The molecule has 1 amide bonds. The molecule has 1 aliphatic rings. The van der Waals surface area contributed by atoms with E-state index >= 15 is 0 Å². The van der Waals surface area contributed by atoms with Crippen LogP contribution in [0.5, 0.6) is 5.75 Å². The first-order chi connectivity index (χ1) is 15.0. The van der Waals surface area contributed by atoms with Crippen LogP contribution in [0.1, 0.15) is 24.2 Å². The maximum absolute atomic E-state index is 12.5. The lowest BCUT2D eigenvalue weighted by Crippen LogP contribution is -2.35. The zero-order valence-electron chi connectivity index (χ0n) is 17.3. The molecule has 1 N–H and O–H groups in total. The van der Waals surface area contributed by atoms with Crippen LogP contribution < -0.4 is 4.74 Å². The fourth-order valence-corrected chi connectivity index (χ4v) is 4.02. The van der Waals surface area contributed by atoms with Crippen LogP contribution in [-0.4, -0.2) is 48.2 Å². The Balaban J connectivity index is 1.48. The highest BCUT2D eigenvalue weighted by molar-refractivity contribution is 6.30. The molecular weight excluding hydrogens is 420 g/mol. The van der Waals surface area contributed by atoms with E-state index < -0.39 is 5.97 Å². The number of carbonyl (C=O) groups excluding carboxylic acids is 2. The van der Waals surface area contributed by atoms with Gasteiger partial charge in [-0.3, -0.25) is 0 Å². The molecule has 7 nitrogen and oxygen atoms in total. The van der Waals surface area contributed by atoms with E-state index in [1.807, 2.05) is 43.5 Å². The SMILES string of the molecule is COC(=O)COc1cccc2c(C[C@H](C)N3C[C@@H](c4cccc(Cl)c4)OC3=O)c[nH]c12. The van der Waals surface area contributed by atoms with Crippen molar-refractivity contribution in [3.05, 3.63) is 64.8 Å². The summed E-state index contributed by atoms with van der Waals surface area (Å²) in [5.41, 5.74) is 2.73. The van der Waals surface area contributed by atoms with Crippen LogP contribution in [0.15, 0.2) is 48.7 Å². The number of amides is 1. The van der Waals surface area contributed by atoms with E-state index in [0.717, 1.165) is 22.0 Å². The van der Waals surface area contributed by atoms with E-state index in [2.05, 4.69) is 9.72 Å². The van der Waals surface area contributed by atoms with Gasteiger partial charge in [0.1, 0.15) is 11.9 Å². The van der Waals surface area contributed by atoms with E-state index in [1.165, 1.54) is 7.11 Å². The van der Waals surface area contributed by atoms with Crippen LogP contribution in [-0.2, 0) is 20.7 Å². The van der Waals surface area contributed by atoms with Gasteiger partial charge in [-0.15, -0.1) is 0 Å². The van der Waals surface area contributed by atoms with Crippen LogP contribution in [0, 0.1) is 0 Å². The third-order valence-electron chi connectivity index (χ3n) is 5.44. The first kappa shape index (κ1) is 21.1. The number of nitrogens with zero attached hydrogens (tertiary/aromatic N) is 1. The van der Waals surface area contributed by atoms with Gasteiger partial charge in [0.2, 0.25) is 0 Å². The molecular formula is C23H23ClN2O5. The van der Waals surface area contributed by atoms with Crippen molar-refractivity contribution >= 4 is 34.6 Å². The van der Waals surface area contributed by atoms with Crippen molar-refractivity contribution in [3.8, 4) is 5.75 Å². The number of rotatable bonds is 7. The molecule has 1 fully saturated rings. The summed E-state index contributed by atoms with van der Waals surface area (Å²) in [6.07, 6.45) is 1.87. The highest BCUT2D eigenvalue weighted by Crippen LogP contribution is 2.32. The molecule has 31 heavy (non-hydrogen) atoms. The molecule has 4 rings (SSSR count). The summed E-state index contributed by atoms with van der Waals surface area (Å²) in [7, 11) is 1.32. The highest BCUT2D eigenvalue weighted by atomic mass is 35.5. The number of esters is 1. The third kappa shape index (κ3) is 4.46. The first-order valence-electron chi connectivity index (χ1n) is 9.97. The van der Waals surface area contributed by atoms with E-state index in [0.29, 0.717) is 23.7 Å². The Morgan fingerprint density at radius 2 is 2.13 bits per heavy atom. The summed E-state index contributed by atoms with van der Waals surface area (Å²) in [6.45, 7) is 2.30. The number of nitrogens with one attached hydrogen (secondary N) is 1. The van der Waals surface area contributed by atoms with Gasteiger partial charge < -0.3 is 24.1 Å². The number of carbonyl (C=O) groups is 2. The van der Waals surface area contributed by atoms with Crippen molar-refractivity contribution in [2.45, 2.75) is 25.5 Å². The average molecular weight is 443 g/mol. The first-order valence-corrected chi connectivity index (χ1v) is 10.4. The summed E-state index contributed by atoms with van der Waals surface area (Å²) >= 11 is 6.08. The van der Waals surface area contributed by atoms with Gasteiger partial charge in [-0.05, 0) is 42.7 Å². The molecule has 8 heteroatoms. The quantitative estimate of drug-likeness (QED) is 0.545. The van der Waals surface area contributed by atoms with E-state index in [4.69, 9.17) is 21.1 Å².